The van der Waals surface area contributed by atoms with Crippen LogP contribution in [0, 0.1) is 0 Å². The Hall–Kier alpha value is -2.78. The number of nitrogens with zero attached hydrogens (tertiary/aromatic N) is 3. The highest BCUT2D eigenvalue weighted by molar-refractivity contribution is 7.89. The highest BCUT2D eigenvalue weighted by Gasteiger charge is 2.28. The molecule has 0 aliphatic heterocycles. The Bertz CT molecular complexity index is 1170. The van der Waals surface area contributed by atoms with Crippen molar-refractivity contribution in [1.82, 2.24) is 24.5 Å². The molecule has 9 heteroatoms. The molecular formula is C21H25N5O3S. The molecule has 30 heavy (non-hydrogen) atoms. The van der Waals surface area contributed by atoms with Crippen molar-refractivity contribution in [2.75, 3.05) is 0 Å². The van der Waals surface area contributed by atoms with Crippen molar-refractivity contribution in [3.05, 3.63) is 65.1 Å². The van der Waals surface area contributed by atoms with Crippen LogP contribution in [0.25, 0.3) is 11.1 Å². The molecule has 4 rings (SSSR count). The van der Waals surface area contributed by atoms with E-state index in [9.17, 15) is 13.2 Å². The average molecular weight is 428 g/mol. The van der Waals surface area contributed by atoms with Gasteiger partial charge in [0.2, 0.25) is 10.0 Å². The van der Waals surface area contributed by atoms with Crippen LogP contribution in [0.4, 0.5) is 0 Å². The summed E-state index contributed by atoms with van der Waals surface area (Å²) in [6.45, 7) is 1.91. The lowest BCUT2D eigenvalue weighted by Crippen LogP contribution is -2.39. The third-order valence-corrected chi connectivity index (χ3v) is 7.26. The molecule has 0 spiro atoms. The smallest absolute Gasteiger partial charge is 0.255 e. The van der Waals surface area contributed by atoms with Gasteiger partial charge in [-0.3, -0.25) is 4.79 Å². The van der Waals surface area contributed by atoms with Gasteiger partial charge in [0.05, 0.1) is 10.9 Å². The van der Waals surface area contributed by atoms with Crippen LogP contribution in [-0.2, 0) is 16.4 Å². The summed E-state index contributed by atoms with van der Waals surface area (Å²) in [6, 6.07) is 8.55. The fourth-order valence-electron chi connectivity index (χ4n) is 4.13. The van der Waals surface area contributed by atoms with E-state index in [0.717, 1.165) is 19.3 Å². The monoisotopic (exact) mass is 427 g/mol. The van der Waals surface area contributed by atoms with Gasteiger partial charge in [-0.25, -0.2) is 22.8 Å². The van der Waals surface area contributed by atoms with Gasteiger partial charge in [0, 0.05) is 17.8 Å². The number of aromatic nitrogens is 4. The number of sulfonamides is 1. The zero-order valence-corrected chi connectivity index (χ0v) is 17.6. The molecule has 1 aliphatic rings. The fourth-order valence-corrected chi connectivity index (χ4v) is 5.71. The number of benzene rings is 1. The van der Waals surface area contributed by atoms with Gasteiger partial charge < -0.3 is 4.98 Å². The summed E-state index contributed by atoms with van der Waals surface area (Å²) in [6.07, 6.45) is 8.66. The van der Waals surface area contributed by atoms with E-state index >= 15 is 0 Å². The molecule has 0 unspecified atom stereocenters. The number of aromatic amines is 1. The minimum Gasteiger partial charge on any atom is -0.329 e. The molecule has 0 bridgehead atoms. The second-order valence-electron chi connectivity index (χ2n) is 7.60. The Morgan fingerprint density at radius 1 is 1.27 bits per heavy atom. The molecule has 0 saturated heterocycles. The SMILES string of the molecule is CCc1cc(-c2ccc[nH]c2=O)ccc1S(=O)(=O)N[C@H]1CCC[C@@H](n2cncn2)C1. The summed E-state index contributed by atoms with van der Waals surface area (Å²) in [5.41, 5.74) is 1.71. The highest BCUT2D eigenvalue weighted by atomic mass is 32.2. The van der Waals surface area contributed by atoms with Crippen molar-refractivity contribution in [3.8, 4) is 11.1 Å². The zero-order chi connectivity index (χ0) is 21.1. The second-order valence-corrected chi connectivity index (χ2v) is 9.29. The summed E-state index contributed by atoms with van der Waals surface area (Å²) < 4.78 is 31.0. The fraction of sp³-hybridized carbons (Fsp3) is 0.381. The van der Waals surface area contributed by atoms with Gasteiger partial charge in [0.25, 0.3) is 5.56 Å². The van der Waals surface area contributed by atoms with E-state index in [1.165, 1.54) is 6.33 Å². The van der Waals surface area contributed by atoms with Gasteiger partial charge in [-0.05, 0) is 67.5 Å². The third-order valence-electron chi connectivity index (χ3n) is 5.64. The molecule has 0 amide bonds. The number of hydrogen-bond donors (Lipinski definition) is 2. The van der Waals surface area contributed by atoms with E-state index in [-0.39, 0.29) is 22.5 Å². The minimum absolute atomic E-state index is 0.145. The summed E-state index contributed by atoms with van der Waals surface area (Å²) in [5.74, 6) is 0. The lowest BCUT2D eigenvalue weighted by Gasteiger charge is -2.29. The van der Waals surface area contributed by atoms with Crippen molar-refractivity contribution < 1.29 is 8.42 Å². The van der Waals surface area contributed by atoms with Crippen molar-refractivity contribution in [2.24, 2.45) is 0 Å². The van der Waals surface area contributed by atoms with Crippen molar-refractivity contribution in [3.63, 3.8) is 0 Å². The van der Waals surface area contributed by atoms with Gasteiger partial charge in [0.15, 0.2) is 0 Å². The summed E-state index contributed by atoms with van der Waals surface area (Å²) >= 11 is 0. The van der Waals surface area contributed by atoms with Crippen molar-refractivity contribution in [1.29, 1.82) is 0 Å². The first-order valence-corrected chi connectivity index (χ1v) is 11.6. The lowest BCUT2D eigenvalue weighted by atomic mass is 9.92. The molecule has 0 radical (unpaired) electrons. The summed E-state index contributed by atoms with van der Waals surface area (Å²) in [5, 5.41) is 4.20. The topological polar surface area (TPSA) is 110 Å². The van der Waals surface area contributed by atoms with E-state index in [4.69, 9.17) is 0 Å². The predicted octanol–water partition coefficient (Wildman–Crippen LogP) is 2.66. The Balaban J connectivity index is 1.58. The first kappa shape index (κ1) is 20.5. The van der Waals surface area contributed by atoms with Crippen LogP contribution in [0.2, 0.25) is 0 Å². The molecule has 1 aromatic carbocycles. The van der Waals surface area contributed by atoms with Gasteiger partial charge >= 0.3 is 0 Å². The molecule has 8 nitrogen and oxygen atoms in total. The molecule has 3 aromatic rings. The van der Waals surface area contributed by atoms with Gasteiger partial charge in [-0.15, -0.1) is 0 Å². The maximum absolute atomic E-state index is 13.2. The van der Waals surface area contributed by atoms with Crippen LogP contribution in [-0.4, -0.2) is 34.2 Å². The largest absolute Gasteiger partial charge is 0.329 e. The highest BCUT2D eigenvalue weighted by Crippen LogP contribution is 2.30. The Kier molecular flexibility index (Phi) is 5.83. The van der Waals surface area contributed by atoms with Crippen molar-refractivity contribution >= 4 is 10.0 Å². The average Bonchev–Trinajstić information content (AvgIpc) is 3.28. The van der Waals surface area contributed by atoms with Crippen LogP contribution in [0.5, 0.6) is 0 Å². The van der Waals surface area contributed by atoms with Crippen LogP contribution in [0.3, 0.4) is 0 Å². The molecule has 2 heterocycles. The molecule has 2 N–H and O–H groups in total. The third kappa shape index (κ3) is 4.22. The maximum atomic E-state index is 13.2. The standard InChI is InChI=1S/C21H25N5O3S/c1-2-15-11-16(19-7-4-10-23-21(19)27)8-9-20(15)30(28,29)25-17-5-3-6-18(12-17)26-14-22-13-24-26/h4,7-11,13-14,17-18,25H,2-3,5-6,12H2,1H3,(H,23,27)/t17-,18+/m0/s1. The molecule has 1 saturated carbocycles. The number of H-pyrrole nitrogens is 1. The molecular weight excluding hydrogens is 402 g/mol. The van der Waals surface area contributed by atoms with E-state index in [0.29, 0.717) is 29.5 Å². The number of rotatable bonds is 6. The van der Waals surface area contributed by atoms with E-state index < -0.39 is 10.0 Å². The van der Waals surface area contributed by atoms with Gasteiger partial charge in [-0.2, -0.15) is 5.10 Å². The Labute approximate surface area is 175 Å². The van der Waals surface area contributed by atoms with Crippen molar-refractivity contribution in [2.45, 2.75) is 56.0 Å². The van der Waals surface area contributed by atoms with Gasteiger partial charge in [0.1, 0.15) is 12.7 Å². The number of nitrogens with one attached hydrogen (secondary N) is 2. The van der Waals surface area contributed by atoms with Crippen LogP contribution in [0.1, 0.15) is 44.2 Å². The summed E-state index contributed by atoms with van der Waals surface area (Å²) in [4.78, 5) is 19.0. The molecule has 2 aromatic heterocycles. The first-order valence-electron chi connectivity index (χ1n) is 10.2. The van der Waals surface area contributed by atoms with Gasteiger partial charge in [-0.1, -0.05) is 13.0 Å². The minimum atomic E-state index is -3.69. The predicted molar refractivity (Wildman–Crippen MR) is 114 cm³/mol. The Morgan fingerprint density at radius 3 is 2.87 bits per heavy atom. The van der Waals surface area contributed by atoms with E-state index in [1.54, 1.807) is 42.9 Å². The molecule has 158 valence electrons. The summed E-state index contributed by atoms with van der Waals surface area (Å²) in [7, 11) is -3.69. The zero-order valence-electron chi connectivity index (χ0n) is 16.8. The maximum Gasteiger partial charge on any atom is 0.255 e. The first-order chi connectivity index (χ1) is 14.5. The van der Waals surface area contributed by atoms with Crippen LogP contribution < -0.4 is 10.3 Å². The van der Waals surface area contributed by atoms with E-state index in [2.05, 4.69) is 19.8 Å². The van der Waals surface area contributed by atoms with E-state index in [1.807, 2.05) is 11.6 Å². The lowest BCUT2D eigenvalue weighted by molar-refractivity contribution is 0.288. The number of pyridine rings is 1. The number of hydrogen-bond acceptors (Lipinski definition) is 5. The Morgan fingerprint density at radius 2 is 2.13 bits per heavy atom. The molecule has 1 aliphatic carbocycles. The molecule has 2 atom stereocenters. The number of aryl methyl sites for hydroxylation is 1. The molecule has 1 fully saturated rings. The second kappa shape index (κ2) is 8.53. The van der Waals surface area contributed by atoms with Crippen LogP contribution in [0.15, 0.2) is 58.9 Å². The normalized spacial score (nSPS) is 19.6. The van der Waals surface area contributed by atoms with Crippen LogP contribution >= 0.6 is 0 Å². The quantitative estimate of drug-likeness (QED) is 0.628.